The minimum atomic E-state index is -0.881. The van der Waals surface area contributed by atoms with Gasteiger partial charge in [-0.15, -0.1) is 0 Å². The molecular formula is C8H14O6S2. The van der Waals surface area contributed by atoms with E-state index in [-0.39, 0.29) is 18.6 Å². The van der Waals surface area contributed by atoms with Gasteiger partial charge in [-0.25, -0.2) is 0 Å². The second-order valence-corrected chi connectivity index (χ2v) is 3.99. The summed E-state index contributed by atoms with van der Waals surface area (Å²) in [6, 6.07) is 0. The Bertz CT molecular complexity index is 215. The van der Waals surface area contributed by atoms with E-state index < -0.39 is 17.9 Å². The Morgan fingerprint density at radius 3 is 1.38 bits per heavy atom. The molecule has 0 bridgehead atoms. The van der Waals surface area contributed by atoms with Crippen molar-refractivity contribution >= 4 is 42.3 Å². The minimum absolute atomic E-state index is 0.0833. The lowest BCUT2D eigenvalue weighted by atomic mass is 10.5. The van der Waals surface area contributed by atoms with Gasteiger partial charge in [-0.2, -0.15) is 24.4 Å². The summed E-state index contributed by atoms with van der Waals surface area (Å²) in [6.45, 7) is 0. The van der Waals surface area contributed by atoms with Gasteiger partial charge in [0.25, 0.3) is 0 Å². The zero-order valence-electron chi connectivity index (χ0n) is 8.46. The Morgan fingerprint density at radius 1 is 0.875 bits per heavy atom. The summed E-state index contributed by atoms with van der Waals surface area (Å²) in [4.78, 5) is 29.2. The van der Waals surface area contributed by atoms with Gasteiger partial charge in [0.15, 0.2) is 0 Å². The Balaban J connectivity index is 0. The Labute approximate surface area is 102 Å². The maximum atomic E-state index is 9.97. The lowest BCUT2D eigenvalue weighted by molar-refractivity contribution is -0.137. The zero-order valence-corrected chi connectivity index (χ0v) is 10.2. The molecule has 16 heavy (non-hydrogen) atoms. The molecule has 0 spiro atoms. The SMILES string of the molecule is O=C(O)CCSCCC(=O)O.O=C(O)CS. The molecule has 0 amide bonds. The highest BCUT2D eigenvalue weighted by Gasteiger charge is 1.98. The molecule has 0 rings (SSSR count). The van der Waals surface area contributed by atoms with Crippen molar-refractivity contribution in [2.75, 3.05) is 17.3 Å². The molecular weight excluding hydrogens is 256 g/mol. The Morgan fingerprint density at radius 2 is 1.19 bits per heavy atom. The van der Waals surface area contributed by atoms with Crippen molar-refractivity contribution in [2.45, 2.75) is 12.8 Å². The van der Waals surface area contributed by atoms with Gasteiger partial charge in [0.1, 0.15) is 0 Å². The fraction of sp³-hybridized carbons (Fsp3) is 0.625. The molecule has 6 nitrogen and oxygen atoms in total. The van der Waals surface area contributed by atoms with Crippen LogP contribution >= 0.6 is 24.4 Å². The van der Waals surface area contributed by atoms with Crippen LogP contribution in [0.3, 0.4) is 0 Å². The van der Waals surface area contributed by atoms with Gasteiger partial charge in [-0.05, 0) is 0 Å². The smallest absolute Gasteiger partial charge is 0.313 e. The van der Waals surface area contributed by atoms with Gasteiger partial charge in [0.05, 0.1) is 18.6 Å². The van der Waals surface area contributed by atoms with Crippen LogP contribution in [0.15, 0.2) is 0 Å². The topological polar surface area (TPSA) is 112 Å². The summed E-state index contributed by atoms with van der Waals surface area (Å²) in [5, 5.41) is 24.0. The van der Waals surface area contributed by atoms with E-state index in [0.29, 0.717) is 11.5 Å². The molecule has 0 unspecified atom stereocenters. The number of aliphatic carboxylic acids is 3. The molecule has 0 radical (unpaired) electrons. The molecule has 0 aromatic heterocycles. The van der Waals surface area contributed by atoms with E-state index in [9.17, 15) is 14.4 Å². The van der Waals surface area contributed by atoms with Crippen LogP contribution in [-0.4, -0.2) is 50.5 Å². The Kier molecular flexibility index (Phi) is 13.3. The first-order valence-corrected chi connectivity index (χ1v) is 6.02. The highest BCUT2D eigenvalue weighted by Crippen LogP contribution is 2.03. The number of carboxylic acids is 3. The molecule has 0 aromatic rings. The van der Waals surface area contributed by atoms with Gasteiger partial charge < -0.3 is 15.3 Å². The van der Waals surface area contributed by atoms with Crippen LogP contribution < -0.4 is 0 Å². The van der Waals surface area contributed by atoms with Crippen LogP contribution in [0.2, 0.25) is 0 Å². The summed E-state index contributed by atoms with van der Waals surface area (Å²) in [5.41, 5.74) is 0. The highest BCUT2D eigenvalue weighted by molar-refractivity contribution is 7.99. The van der Waals surface area contributed by atoms with Crippen LogP contribution in [-0.2, 0) is 14.4 Å². The predicted molar refractivity (Wildman–Crippen MR) is 63.3 cm³/mol. The van der Waals surface area contributed by atoms with E-state index in [1.165, 1.54) is 11.8 Å². The molecule has 0 heterocycles. The van der Waals surface area contributed by atoms with E-state index in [2.05, 4.69) is 12.6 Å². The average Bonchev–Trinajstić information content (AvgIpc) is 2.17. The van der Waals surface area contributed by atoms with Gasteiger partial charge in [0, 0.05) is 11.5 Å². The lowest BCUT2D eigenvalue weighted by Gasteiger charge is -1.94. The minimum Gasteiger partial charge on any atom is -0.481 e. The van der Waals surface area contributed by atoms with Crippen molar-refractivity contribution in [1.82, 2.24) is 0 Å². The highest BCUT2D eigenvalue weighted by atomic mass is 32.2. The third-order valence-corrected chi connectivity index (χ3v) is 2.31. The normalized spacial score (nSPS) is 8.81. The fourth-order valence-corrected chi connectivity index (χ4v) is 1.26. The molecule has 3 N–H and O–H groups in total. The Hall–Kier alpha value is -0.890. The fourth-order valence-electron chi connectivity index (χ4n) is 0.421. The van der Waals surface area contributed by atoms with Gasteiger partial charge in [-0.1, -0.05) is 0 Å². The summed E-state index contributed by atoms with van der Waals surface area (Å²) in [5.74, 6) is -1.67. The maximum Gasteiger partial charge on any atom is 0.313 e. The molecule has 94 valence electrons. The molecule has 0 aliphatic carbocycles. The van der Waals surface area contributed by atoms with Crippen molar-refractivity contribution in [3.8, 4) is 0 Å². The zero-order chi connectivity index (χ0) is 13.0. The van der Waals surface area contributed by atoms with Crippen LogP contribution in [0, 0.1) is 0 Å². The lowest BCUT2D eigenvalue weighted by Crippen LogP contribution is -1.99. The molecule has 0 aromatic carbocycles. The van der Waals surface area contributed by atoms with Gasteiger partial charge >= 0.3 is 17.9 Å². The number of rotatable bonds is 7. The summed E-state index contributed by atoms with van der Waals surface area (Å²) in [6.07, 6.45) is 0.203. The van der Waals surface area contributed by atoms with Crippen molar-refractivity contribution in [3.05, 3.63) is 0 Å². The van der Waals surface area contributed by atoms with E-state index in [1.54, 1.807) is 0 Å². The summed E-state index contributed by atoms with van der Waals surface area (Å²) in [7, 11) is 0. The number of hydrogen-bond acceptors (Lipinski definition) is 5. The van der Waals surface area contributed by atoms with Crippen molar-refractivity contribution < 1.29 is 29.7 Å². The van der Waals surface area contributed by atoms with Crippen molar-refractivity contribution in [3.63, 3.8) is 0 Å². The first kappa shape index (κ1) is 17.5. The molecule has 0 saturated carbocycles. The van der Waals surface area contributed by atoms with Gasteiger partial charge in [0.2, 0.25) is 0 Å². The molecule has 0 aliphatic rings. The van der Waals surface area contributed by atoms with Crippen LogP contribution in [0.1, 0.15) is 12.8 Å². The van der Waals surface area contributed by atoms with Gasteiger partial charge in [-0.3, -0.25) is 14.4 Å². The third-order valence-electron chi connectivity index (χ3n) is 1.06. The van der Waals surface area contributed by atoms with E-state index in [4.69, 9.17) is 15.3 Å². The second-order valence-electron chi connectivity index (χ2n) is 2.45. The van der Waals surface area contributed by atoms with Crippen LogP contribution in [0.4, 0.5) is 0 Å². The van der Waals surface area contributed by atoms with Crippen LogP contribution in [0.25, 0.3) is 0 Å². The second kappa shape index (κ2) is 12.2. The van der Waals surface area contributed by atoms with Crippen LogP contribution in [0.5, 0.6) is 0 Å². The number of carbonyl (C=O) groups is 3. The van der Waals surface area contributed by atoms with E-state index in [1.807, 2.05) is 0 Å². The predicted octanol–water partition coefficient (Wildman–Crippen LogP) is 0.670. The molecule has 0 fully saturated rings. The number of hydrogen-bond donors (Lipinski definition) is 4. The largest absolute Gasteiger partial charge is 0.481 e. The molecule has 0 aliphatic heterocycles. The standard InChI is InChI=1S/C6H10O4S.C2H4O2S/c7-5(8)1-3-11-4-2-6(9)10;3-2(4)1-5/h1-4H2,(H,7,8)(H,9,10);5H,1H2,(H,3,4). The molecule has 0 atom stereocenters. The van der Waals surface area contributed by atoms with E-state index >= 15 is 0 Å². The number of carboxylic acid groups (broad SMARTS) is 3. The number of thioether (sulfide) groups is 1. The summed E-state index contributed by atoms with van der Waals surface area (Å²) < 4.78 is 0. The van der Waals surface area contributed by atoms with Crippen molar-refractivity contribution in [1.29, 1.82) is 0 Å². The molecule has 0 saturated heterocycles. The summed E-state index contributed by atoms with van der Waals surface area (Å²) >= 11 is 4.76. The van der Waals surface area contributed by atoms with E-state index in [0.717, 1.165) is 0 Å². The quantitative estimate of drug-likeness (QED) is 0.397. The first-order chi connectivity index (χ1) is 7.40. The monoisotopic (exact) mass is 270 g/mol. The average molecular weight is 270 g/mol. The van der Waals surface area contributed by atoms with Crippen molar-refractivity contribution in [2.24, 2.45) is 0 Å². The third kappa shape index (κ3) is 23.2. The first-order valence-electron chi connectivity index (χ1n) is 4.24. The molecule has 8 heteroatoms. The maximum absolute atomic E-state index is 9.97. The number of thiol groups is 1.